The van der Waals surface area contributed by atoms with Crippen LogP contribution in [0.2, 0.25) is 0 Å². The molecule has 0 aliphatic carbocycles. The Morgan fingerprint density at radius 2 is 2.06 bits per heavy atom. The third-order valence-electron chi connectivity index (χ3n) is 1.98. The smallest absolute Gasteiger partial charge is 0.251 e. The van der Waals surface area contributed by atoms with Gasteiger partial charge in [0.2, 0.25) is 10.0 Å². The van der Waals surface area contributed by atoms with Crippen molar-refractivity contribution < 1.29 is 13.2 Å². The molecule has 5 nitrogen and oxygen atoms in total. The number of benzene rings is 1. The topological polar surface area (TPSA) is 89.3 Å². The van der Waals surface area contributed by atoms with Crippen LogP contribution in [0.4, 0.5) is 0 Å². The zero-order chi connectivity index (χ0) is 13.1. The minimum atomic E-state index is -3.54. The van der Waals surface area contributed by atoms with Gasteiger partial charge >= 0.3 is 0 Å². The van der Waals surface area contributed by atoms with Crippen LogP contribution in [-0.2, 0) is 10.0 Å². The van der Waals surface area contributed by atoms with Crippen LogP contribution < -0.4 is 10.5 Å². The minimum Gasteiger partial charge on any atom is -0.351 e. The van der Waals surface area contributed by atoms with Gasteiger partial charge < -0.3 is 5.32 Å². The fraction of sp³-hybridized carbons (Fsp3) is 0.300. The van der Waals surface area contributed by atoms with Crippen LogP contribution in [0.3, 0.4) is 0 Å². The first-order chi connectivity index (χ1) is 7.78. The van der Waals surface area contributed by atoms with Gasteiger partial charge in [-0.05, 0) is 30.7 Å². The van der Waals surface area contributed by atoms with Gasteiger partial charge in [-0.15, -0.1) is 0 Å². The molecule has 0 radical (unpaired) electrons. The number of sulfonamides is 1. The molecule has 1 aromatic rings. The Balaban J connectivity index is 2.64. The summed E-state index contributed by atoms with van der Waals surface area (Å²) in [7, 11) is -3.54. The third-order valence-corrected chi connectivity index (χ3v) is 3.21. The minimum absolute atomic E-state index is 0.00320. The van der Waals surface area contributed by atoms with E-state index in [0.29, 0.717) is 5.56 Å². The molecule has 0 fully saturated rings. The van der Waals surface area contributed by atoms with Crippen molar-refractivity contribution >= 4 is 31.9 Å². The highest BCUT2D eigenvalue weighted by atomic mass is 79.9. The number of carbonyl (C=O) groups excluding carboxylic acids is 1. The molecule has 7 heteroatoms. The Kier molecular flexibility index (Phi) is 4.67. The zero-order valence-electron chi connectivity index (χ0n) is 9.23. The van der Waals surface area contributed by atoms with Gasteiger partial charge in [-0.3, -0.25) is 4.79 Å². The van der Waals surface area contributed by atoms with E-state index in [1.807, 2.05) is 13.0 Å². The molecular weight excluding hydrogens is 308 g/mol. The maximum absolute atomic E-state index is 11.7. The number of carbonyl (C=O) groups is 1. The molecule has 0 saturated carbocycles. The summed E-state index contributed by atoms with van der Waals surface area (Å²) in [6, 6.07) is 5.26. The summed E-state index contributed by atoms with van der Waals surface area (Å²) < 4.78 is 22.2. The van der Waals surface area contributed by atoms with Crippen molar-refractivity contribution in [3.05, 3.63) is 33.8 Å². The molecule has 0 aromatic heterocycles. The van der Waals surface area contributed by atoms with E-state index >= 15 is 0 Å². The van der Waals surface area contributed by atoms with Crippen LogP contribution in [0.5, 0.6) is 0 Å². The molecule has 1 aromatic carbocycles. The quantitative estimate of drug-likeness (QED) is 0.859. The maximum atomic E-state index is 11.7. The van der Waals surface area contributed by atoms with Crippen molar-refractivity contribution in [3.63, 3.8) is 0 Å². The van der Waals surface area contributed by atoms with Gasteiger partial charge in [-0.2, -0.15) is 0 Å². The van der Waals surface area contributed by atoms with E-state index in [9.17, 15) is 13.2 Å². The Bertz CT molecular complexity index is 508. The van der Waals surface area contributed by atoms with E-state index in [0.717, 1.165) is 10.0 Å². The van der Waals surface area contributed by atoms with Crippen molar-refractivity contribution in [1.82, 2.24) is 5.32 Å². The van der Waals surface area contributed by atoms with Crippen molar-refractivity contribution in [2.75, 3.05) is 12.3 Å². The van der Waals surface area contributed by atoms with Gasteiger partial charge in [0, 0.05) is 16.6 Å². The summed E-state index contributed by atoms with van der Waals surface area (Å²) in [6.07, 6.45) is 0. The van der Waals surface area contributed by atoms with Gasteiger partial charge in [0.05, 0.1) is 5.75 Å². The fourth-order valence-electron chi connectivity index (χ4n) is 1.28. The zero-order valence-corrected chi connectivity index (χ0v) is 11.6. The summed E-state index contributed by atoms with van der Waals surface area (Å²) >= 11 is 3.29. The Labute approximate surface area is 109 Å². The van der Waals surface area contributed by atoms with E-state index in [-0.39, 0.29) is 18.2 Å². The van der Waals surface area contributed by atoms with Crippen molar-refractivity contribution in [2.45, 2.75) is 6.92 Å². The highest BCUT2D eigenvalue weighted by molar-refractivity contribution is 9.10. The highest BCUT2D eigenvalue weighted by Gasteiger charge is 2.08. The molecule has 3 N–H and O–H groups in total. The lowest BCUT2D eigenvalue weighted by Gasteiger charge is -2.05. The van der Waals surface area contributed by atoms with Gasteiger partial charge in [-0.1, -0.05) is 15.9 Å². The monoisotopic (exact) mass is 320 g/mol. The first-order valence-electron chi connectivity index (χ1n) is 4.84. The van der Waals surface area contributed by atoms with E-state index < -0.39 is 10.0 Å². The summed E-state index contributed by atoms with van der Waals surface area (Å²) in [5, 5.41) is 7.31. The Hall–Kier alpha value is -0.920. The van der Waals surface area contributed by atoms with Crippen molar-refractivity contribution in [3.8, 4) is 0 Å². The number of hydrogen-bond acceptors (Lipinski definition) is 3. The predicted molar refractivity (Wildman–Crippen MR) is 69.2 cm³/mol. The average molecular weight is 321 g/mol. The Morgan fingerprint density at radius 3 is 2.59 bits per heavy atom. The third kappa shape index (κ3) is 5.29. The first-order valence-corrected chi connectivity index (χ1v) is 7.34. The van der Waals surface area contributed by atoms with Gasteiger partial charge in [0.25, 0.3) is 5.91 Å². The van der Waals surface area contributed by atoms with Crippen LogP contribution in [0, 0.1) is 6.92 Å². The van der Waals surface area contributed by atoms with Crippen LogP contribution >= 0.6 is 15.9 Å². The molecule has 0 heterocycles. The van der Waals surface area contributed by atoms with Crippen molar-refractivity contribution in [2.24, 2.45) is 5.14 Å². The lowest BCUT2D eigenvalue weighted by Crippen LogP contribution is -2.31. The number of amides is 1. The number of rotatable bonds is 4. The lowest BCUT2D eigenvalue weighted by molar-refractivity contribution is 0.0956. The van der Waals surface area contributed by atoms with E-state index in [4.69, 9.17) is 5.14 Å². The molecule has 0 bridgehead atoms. The van der Waals surface area contributed by atoms with E-state index in [1.54, 1.807) is 12.1 Å². The molecule has 0 spiro atoms. The molecule has 0 aliphatic rings. The molecule has 0 aliphatic heterocycles. The molecule has 0 unspecified atom stereocenters. The second-order valence-electron chi connectivity index (χ2n) is 3.64. The van der Waals surface area contributed by atoms with Gasteiger partial charge in [0.1, 0.15) is 0 Å². The first kappa shape index (κ1) is 14.1. The van der Waals surface area contributed by atoms with E-state index in [2.05, 4.69) is 21.2 Å². The van der Waals surface area contributed by atoms with Crippen LogP contribution in [-0.4, -0.2) is 26.6 Å². The molecule has 0 saturated heterocycles. The number of primary sulfonamides is 1. The number of nitrogens with two attached hydrogens (primary N) is 1. The normalized spacial score (nSPS) is 11.2. The standard InChI is InChI=1S/C10H13BrN2O3S/c1-7-4-8(6-9(11)5-7)10(14)13-2-3-17(12,15)16/h4-6H,2-3H2,1H3,(H,13,14)(H2,12,15,16). The highest BCUT2D eigenvalue weighted by Crippen LogP contribution is 2.15. The lowest BCUT2D eigenvalue weighted by atomic mass is 10.1. The summed E-state index contributed by atoms with van der Waals surface area (Å²) in [5.41, 5.74) is 1.42. The molecular formula is C10H13BrN2O3S. The van der Waals surface area contributed by atoms with Crippen LogP contribution in [0.25, 0.3) is 0 Å². The van der Waals surface area contributed by atoms with Crippen molar-refractivity contribution in [1.29, 1.82) is 0 Å². The second-order valence-corrected chi connectivity index (χ2v) is 6.29. The molecule has 1 rings (SSSR count). The maximum Gasteiger partial charge on any atom is 0.251 e. The fourth-order valence-corrected chi connectivity index (χ4v) is 2.27. The summed E-state index contributed by atoms with van der Waals surface area (Å²) in [5.74, 6) is -0.593. The second kappa shape index (κ2) is 5.61. The number of halogens is 1. The molecule has 0 atom stereocenters. The SMILES string of the molecule is Cc1cc(Br)cc(C(=O)NCCS(N)(=O)=O)c1. The molecule has 94 valence electrons. The predicted octanol–water partition coefficient (Wildman–Crippen LogP) is 0.776. The summed E-state index contributed by atoms with van der Waals surface area (Å²) in [4.78, 5) is 11.7. The molecule has 1 amide bonds. The largest absolute Gasteiger partial charge is 0.351 e. The van der Waals surface area contributed by atoms with Crippen LogP contribution in [0.15, 0.2) is 22.7 Å². The Morgan fingerprint density at radius 1 is 1.41 bits per heavy atom. The van der Waals surface area contributed by atoms with Crippen LogP contribution in [0.1, 0.15) is 15.9 Å². The number of aryl methyl sites for hydroxylation is 1. The number of hydrogen-bond donors (Lipinski definition) is 2. The van der Waals surface area contributed by atoms with Gasteiger partial charge in [0.15, 0.2) is 0 Å². The summed E-state index contributed by atoms with van der Waals surface area (Å²) in [6.45, 7) is 1.87. The number of nitrogens with one attached hydrogen (secondary N) is 1. The van der Waals surface area contributed by atoms with E-state index in [1.165, 1.54) is 0 Å². The molecule has 17 heavy (non-hydrogen) atoms. The average Bonchev–Trinajstić information content (AvgIpc) is 2.13. The van der Waals surface area contributed by atoms with Gasteiger partial charge in [-0.25, -0.2) is 13.6 Å².